The predicted octanol–water partition coefficient (Wildman–Crippen LogP) is -1.15. The van der Waals surface area contributed by atoms with Crippen molar-refractivity contribution in [2.45, 2.75) is 50.0 Å². The van der Waals surface area contributed by atoms with Gasteiger partial charge >= 0.3 is 5.97 Å². The van der Waals surface area contributed by atoms with Gasteiger partial charge in [0.05, 0.1) is 18.5 Å². The molecule has 204 valence electrons. The summed E-state index contributed by atoms with van der Waals surface area (Å²) < 4.78 is 0. The number of thiol groups is 1. The SMILES string of the molecule is CC(O)C(NC(=O)C(Cc1c[nH]c2ccccc12)NC(=O)C(Cc1cnc[nH]1)NC(=O)C(N)CS)C(=O)O. The molecule has 0 aliphatic carbocycles. The molecule has 3 amide bonds. The number of benzene rings is 1. The molecule has 0 saturated heterocycles. The van der Waals surface area contributed by atoms with Gasteiger partial charge in [-0.1, -0.05) is 18.2 Å². The number of hydrogen-bond donors (Lipinski definition) is 9. The van der Waals surface area contributed by atoms with Gasteiger partial charge in [0.1, 0.15) is 12.1 Å². The Bertz CT molecular complexity index is 1260. The number of amides is 3. The number of rotatable bonds is 13. The number of aliphatic hydroxyl groups excluding tert-OH is 1. The van der Waals surface area contributed by atoms with E-state index < -0.39 is 54.0 Å². The number of nitrogens with two attached hydrogens (primary N) is 1. The molecule has 14 heteroatoms. The third-order valence-corrected chi connectivity index (χ3v) is 6.32. The van der Waals surface area contributed by atoms with E-state index in [0.717, 1.165) is 10.9 Å². The topological polar surface area (TPSA) is 215 Å². The van der Waals surface area contributed by atoms with Crippen molar-refractivity contribution in [2.24, 2.45) is 5.73 Å². The Labute approximate surface area is 223 Å². The number of nitrogens with one attached hydrogen (secondary N) is 5. The number of carboxylic acids is 1. The first-order chi connectivity index (χ1) is 18.1. The smallest absolute Gasteiger partial charge is 0.328 e. The van der Waals surface area contributed by atoms with E-state index in [9.17, 15) is 29.4 Å². The van der Waals surface area contributed by atoms with Crippen LogP contribution in [0.1, 0.15) is 18.2 Å². The number of aromatic nitrogens is 3. The molecule has 0 aliphatic rings. The van der Waals surface area contributed by atoms with Gasteiger partial charge in [-0.25, -0.2) is 9.78 Å². The molecular formula is C24H31N7O6S. The second-order valence-electron chi connectivity index (χ2n) is 8.82. The van der Waals surface area contributed by atoms with Crippen LogP contribution in [0.15, 0.2) is 43.0 Å². The molecule has 9 N–H and O–H groups in total. The summed E-state index contributed by atoms with van der Waals surface area (Å²) in [4.78, 5) is 60.5. The van der Waals surface area contributed by atoms with E-state index in [1.165, 1.54) is 19.4 Å². The second-order valence-corrected chi connectivity index (χ2v) is 9.19. The monoisotopic (exact) mass is 545 g/mol. The number of nitrogens with zero attached hydrogens (tertiary/aromatic N) is 1. The van der Waals surface area contributed by atoms with Gasteiger partial charge in [-0.2, -0.15) is 12.6 Å². The lowest BCUT2D eigenvalue weighted by atomic mass is 10.0. The number of fused-ring (bicyclic) bond motifs is 1. The quantitative estimate of drug-likeness (QED) is 0.119. The highest BCUT2D eigenvalue weighted by Gasteiger charge is 2.32. The summed E-state index contributed by atoms with van der Waals surface area (Å²) in [6.45, 7) is 1.23. The van der Waals surface area contributed by atoms with Crippen molar-refractivity contribution in [3.8, 4) is 0 Å². The first-order valence-corrected chi connectivity index (χ1v) is 12.4. The number of carbonyl (C=O) groups is 4. The Morgan fingerprint density at radius 2 is 1.68 bits per heavy atom. The third kappa shape index (κ3) is 7.34. The Kier molecular flexibility index (Phi) is 9.87. The number of para-hydroxylation sites is 1. The van der Waals surface area contributed by atoms with Crippen molar-refractivity contribution in [2.75, 3.05) is 5.75 Å². The lowest BCUT2D eigenvalue weighted by Gasteiger charge is -2.25. The van der Waals surface area contributed by atoms with Gasteiger partial charge in [0, 0.05) is 47.6 Å². The maximum atomic E-state index is 13.4. The van der Waals surface area contributed by atoms with Crippen molar-refractivity contribution in [3.63, 3.8) is 0 Å². The summed E-state index contributed by atoms with van der Waals surface area (Å²) in [5.41, 5.74) is 7.80. The zero-order chi connectivity index (χ0) is 27.8. The average molecular weight is 546 g/mol. The van der Waals surface area contributed by atoms with Gasteiger partial charge in [-0.05, 0) is 18.6 Å². The van der Waals surface area contributed by atoms with Crippen LogP contribution in [0.3, 0.4) is 0 Å². The van der Waals surface area contributed by atoms with Crippen molar-refractivity contribution < 1.29 is 29.4 Å². The van der Waals surface area contributed by atoms with E-state index >= 15 is 0 Å². The van der Waals surface area contributed by atoms with Gasteiger partial charge in [0.25, 0.3) is 0 Å². The van der Waals surface area contributed by atoms with E-state index in [0.29, 0.717) is 11.3 Å². The highest BCUT2D eigenvalue weighted by atomic mass is 32.1. The first kappa shape index (κ1) is 28.7. The lowest BCUT2D eigenvalue weighted by Crippen LogP contribution is -2.59. The van der Waals surface area contributed by atoms with Crippen LogP contribution >= 0.6 is 12.6 Å². The first-order valence-electron chi connectivity index (χ1n) is 11.8. The van der Waals surface area contributed by atoms with Crippen LogP contribution < -0.4 is 21.7 Å². The Balaban J connectivity index is 1.88. The number of hydrogen-bond acceptors (Lipinski definition) is 8. The molecule has 0 radical (unpaired) electrons. The van der Waals surface area contributed by atoms with Gasteiger partial charge in [-0.15, -0.1) is 0 Å². The third-order valence-electron chi connectivity index (χ3n) is 5.92. The van der Waals surface area contributed by atoms with Gasteiger partial charge in [-0.3, -0.25) is 14.4 Å². The van der Waals surface area contributed by atoms with E-state index in [4.69, 9.17) is 5.73 Å². The van der Waals surface area contributed by atoms with Crippen molar-refractivity contribution >= 4 is 47.2 Å². The van der Waals surface area contributed by atoms with E-state index in [1.54, 1.807) is 6.20 Å². The minimum Gasteiger partial charge on any atom is -0.480 e. The molecule has 13 nitrogen and oxygen atoms in total. The van der Waals surface area contributed by atoms with Crippen LogP contribution in [-0.4, -0.2) is 84.9 Å². The highest BCUT2D eigenvalue weighted by Crippen LogP contribution is 2.19. The number of aliphatic carboxylic acids is 1. The molecule has 0 saturated carbocycles. The van der Waals surface area contributed by atoms with E-state index in [-0.39, 0.29) is 18.6 Å². The fraction of sp³-hybridized carbons (Fsp3) is 0.375. The minimum absolute atomic E-state index is 0.00534. The number of H-pyrrole nitrogens is 2. The van der Waals surface area contributed by atoms with E-state index in [2.05, 4.69) is 43.5 Å². The Hall–Kier alpha value is -3.88. The summed E-state index contributed by atoms with van der Waals surface area (Å²) in [6, 6.07) is 2.40. The number of carbonyl (C=O) groups excluding carboxylic acids is 3. The summed E-state index contributed by atoms with van der Waals surface area (Å²) >= 11 is 4.02. The van der Waals surface area contributed by atoms with Crippen LogP contribution in [0.2, 0.25) is 0 Å². The molecule has 38 heavy (non-hydrogen) atoms. The predicted molar refractivity (Wildman–Crippen MR) is 141 cm³/mol. The summed E-state index contributed by atoms with van der Waals surface area (Å²) in [7, 11) is 0. The standard InChI is InChI=1S/C24H31N7O6S/c1-12(32)20(24(36)37)31-23(35)18(6-13-8-27-17-5-3-2-4-15(13)17)30-22(34)19(7-14-9-26-11-28-14)29-21(33)16(25)10-38/h2-5,8-9,11-12,16,18-20,27,32,38H,6-7,10,25H2,1H3,(H,26,28)(H,29,33)(H,30,34)(H,31,35)(H,36,37). The number of aromatic amines is 2. The number of carboxylic acid groups (broad SMARTS) is 1. The summed E-state index contributed by atoms with van der Waals surface area (Å²) in [5, 5.41) is 27.6. The molecule has 5 unspecified atom stereocenters. The number of aliphatic hydroxyl groups is 1. The normalized spacial score (nSPS) is 15.2. The molecule has 2 aromatic heterocycles. The van der Waals surface area contributed by atoms with Crippen LogP contribution in [-0.2, 0) is 32.0 Å². The average Bonchev–Trinajstić information content (AvgIpc) is 3.55. The van der Waals surface area contributed by atoms with E-state index in [1.807, 2.05) is 24.3 Å². The van der Waals surface area contributed by atoms with Crippen molar-refractivity contribution in [1.82, 2.24) is 30.9 Å². The Morgan fingerprint density at radius 1 is 1.03 bits per heavy atom. The molecule has 0 fully saturated rings. The van der Waals surface area contributed by atoms with Crippen LogP contribution in [0, 0.1) is 0 Å². The molecule has 0 aliphatic heterocycles. The van der Waals surface area contributed by atoms with Gasteiger partial charge in [0.2, 0.25) is 17.7 Å². The fourth-order valence-electron chi connectivity index (χ4n) is 3.83. The molecule has 3 rings (SSSR count). The summed E-state index contributed by atoms with van der Waals surface area (Å²) in [6.07, 6.45) is 3.22. The minimum atomic E-state index is -1.60. The van der Waals surface area contributed by atoms with Gasteiger partial charge in [0.15, 0.2) is 6.04 Å². The number of imidazole rings is 1. The highest BCUT2D eigenvalue weighted by molar-refractivity contribution is 7.80. The maximum absolute atomic E-state index is 13.4. The van der Waals surface area contributed by atoms with Crippen LogP contribution in [0.25, 0.3) is 10.9 Å². The molecule has 1 aromatic carbocycles. The molecule has 3 aromatic rings. The van der Waals surface area contributed by atoms with Crippen LogP contribution in [0.5, 0.6) is 0 Å². The second kappa shape index (κ2) is 13.1. The zero-order valence-electron chi connectivity index (χ0n) is 20.5. The fourth-order valence-corrected chi connectivity index (χ4v) is 4.00. The molecular weight excluding hydrogens is 514 g/mol. The summed E-state index contributed by atoms with van der Waals surface area (Å²) in [5.74, 6) is -3.53. The molecule has 0 spiro atoms. The Morgan fingerprint density at radius 3 is 2.32 bits per heavy atom. The molecule has 2 heterocycles. The lowest BCUT2D eigenvalue weighted by molar-refractivity contribution is -0.145. The molecule has 5 atom stereocenters. The van der Waals surface area contributed by atoms with Gasteiger partial charge < -0.3 is 41.9 Å². The van der Waals surface area contributed by atoms with Crippen molar-refractivity contribution in [3.05, 3.63) is 54.2 Å². The zero-order valence-corrected chi connectivity index (χ0v) is 21.4. The van der Waals surface area contributed by atoms with Crippen molar-refractivity contribution in [1.29, 1.82) is 0 Å². The largest absolute Gasteiger partial charge is 0.480 e. The molecule has 0 bridgehead atoms. The maximum Gasteiger partial charge on any atom is 0.328 e. The van der Waals surface area contributed by atoms with Crippen LogP contribution in [0.4, 0.5) is 0 Å².